The third-order valence-electron chi connectivity index (χ3n) is 8.34. The van der Waals surface area contributed by atoms with Crippen LogP contribution < -0.4 is 0 Å². The van der Waals surface area contributed by atoms with Gasteiger partial charge in [0.25, 0.3) is 0 Å². The summed E-state index contributed by atoms with van der Waals surface area (Å²) in [6.45, 7) is 5.44. The molecule has 3 aliphatic rings. The second kappa shape index (κ2) is 12.9. The Morgan fingerprint density at radius 1 is 0.974 bits per heavy atom. The first-order chi connectivity index (χ1) is 18.8. The normalized spacial score (nSPS) is 21.3. The molecule has 2 fully saturated rings. The van der Waals surface area contributed by atoms with E-state index in [0.717, 1.165) is 37.1 Å². The molecular formula is C29H37Cl2N3O4S. The molecule has 1 atom stereocenters. The fraction of sp³-hybridized carbons (Fsp3) is 0.552. The number of rotatable bonds is 9. The summed E-state index contributed by atoms with van der Waals surface area (Å²) in [6, 6.07) is 11.8. The number of halogens is 2. The highest BCUT2D eigenvalue weighted by molar-refractivity contribution is 7.89. The highest BCUT2D eigenvalue weighted by Crippen LogP contribution is 2.33. The maximum atomic E-state index is 13.7. The van der Waals surface area contributed by atoms with Crippen LogP contribution in [0.2, 0.25) is 10.0 Å². The van der Waals surface area contributed by atoms with Crippen LogP contribution in [-0.4, -0.2) is 80.4 Å². The monoisotopic (exact) mass is 593 g/mol. The average Bonchev–Trinajstić information content (AvgIpc) is 3.45. The molecule has 2 aromatic carbocycles. The predicted octanol–water partition coefficient (Wildman–Crippen LogP) is 4.85. The first kappa shape index (κ1) is 28.8. The molecule has 0 saturated carbocycles. The summed E-state index contributed by atoms with van der Waals surface area (Å²) < 4.78 is 34.8. The number of hydrogen-bond donors (Lipinski definition) is 0. The van der Waals surface area contributed by atoms with Gasteiger partial charge in [-0.2, -0.15) is 4.31 Å². The van der Waals surface area contributed by atoms with Gasteiger partial charge in [0.05, 0.1) is 17.7 Å². The van der Waals surface area contributed by atoms with E-state index in [1.165, 1.54) is 61.4 Å². The van der Waals surface area contributed by atoms with Gasteiger partial charge in [0.1, 0.15) is 11.5 Å². The van der Waals surface area contributed by atoms with Gasteiger partial charge in [0, 0.05) is 24.7 Å². The van der Waals surface area contributed by atoms with E-state index >= 15 is 0 Å². The molecule has 7 nitrogen and oxygen atoms in total. The Hall–Kier alpha value is -1.68. The molecule has 2 saturated heterocycles. The number of carbonyl (C=O) groups is 1. The number of benzene rings is 2. The lowest BCUT2D eigenvalue weighted by atomic mass is 9.93. The van der Waals surface area contributed by atoms with Gasteiger partial charge in [0.15, 0.2) is 0 Å². The van der Waals surface area contributed by atoms with E-state index in [-0.39, 0.29) is 35.6 Å². The summed E-state index contributed by atoms with van der Waals surface area (Å²) >= 11 is 12.3. The Kier molecular flexibility index (Phi) is 9.52. The molecule has 0 aliphatic carbocycles. The molecule has 0 aromatic heterocycles. The topological polar surface area (TPSA) is 70.2 Å². The zero-order valence-corrected chi connectivity index (χ0v) is 24.6. The molecule has 3 heterocycles. The number of sulfonamides is 1. The lowest BCUT2D eigenvalue weighted by Crippen LogP contribution is -2.47. The molecule has 0 radical (unpaired) electrons. The minimum absolute atomic E-state index is 0.0154. The molecule has 1 unspecified atom stereocenters. The molecule has 0 bridgehead atoms. The minimum Gasteiger partial charge on any atom is -0.370 e. The SMILES string of the molecule is O=C(COCC1Cc2ccccc2CN1S(=O)(=O)c1ccc(Cl)cc1Cl)N1CCC(CCN2CCCC2)CC1. The van der Waals surface area contributed by atoms with Crippen molar-refractivity contribution < 1.29 is 17.9 Å². The summed E-state index contributed by atoms with van der Waals surface area (Å²) in [5.74, 6) is 0.649. The van der Waals surface area contributed by atoms with Crippen LogP contribution in [0, 0.1) is 5.92 Å². The van der Waals surface area contributed by atoms with Gasteiger partial charge in [0.2, 0.25) is 15.9 Å². The Bertz CT molecular complexity index is 1260. The van der Waals surface area contributed by atoms with Crippen molar-refractivity contribution in [3.8, 4) is 0 Å². The molecular weight excluding hydrogens is 557 g/mol. The first-order valence-electron chi connectivity index (χ1n) is 13.9. The van der Waals surface area contributed by atoms with E-state index in [1.54, 1.807) is 0 Å². The van der Waals surface area contributed by atoms with Crippen molar-refractivity contribution in [3.05, 3.63) is 63.6 Å². The molecule has 1 amide bonds. The molecule has 3 aliphatic heterocycles. The summed E-state index contributed by atoms with van der Waals surface area (Å²) in [7, 11) is -3.93. The Labute approximate surface area is 242 Å². The van der Waals surface area contributed by atoms with Gasteiger partial charge in [-0.25, -0.2) is 8.42 Å². The smallest absolute Gasteiger partial charge is 0.248 e. The number of likely N-dealkylation sites (tertiary alicyclic amines) is 2. The van der Waals surface area contributed by atoms with Gasteiger partial charge in [-0.05, 0) is 93.4 Å². The van der Waals surface area contributed by atoms with Crippen LogP contribution in [-0.2, 0) is 32.5 Å². The van der Waals surface area contributed by atoms with Gasteiger partial charge in [-0.1, -0.05) is 47.5 Å². The van der Waals surface area contributed by atoms with Crippen LogP contribution in [0.5, 0.6) is 0 Å². The number of hydrogen-bond acceptors (Lipinski definition) is 5. The second-order valence-corrected chi connectivity index (χ2v) is 13.6. The van der Waals surface area contributed by atoms with Crippen LogP contribution >= 0.6 is 23.2 Å². The van der Waals surface area contributed by atoms with E-state index in [2.05, 4.69) is 4.90 Å². The van der Waals surface area contributed by atoms with Crippen molar-refractivity contribution in [2.75, 3.05) is 45.9 Å². The quantitative estimate of drug-likeness (QED) is 0.415. The molecule has 39 heavy (non-hydrogen) atoms. The molecule has 212 valence electrons. The Balaban J connectivity index is 1.18. The lowest BCUT2D eigenvalue weighted by molar-refractivity contribution is -0.138. The van der Waals surface area contributed by atoms with Crippen molar-refractivity contribution in [2.45, 2.75) is 56.0 Å². The van der Waals surface area contributed by atoms with Gasteiger partial charge >= 0.3 is 0 Å². The van der Waals surface area contributed by atoms with Gasteiger partial charge < -0.3 is 14.5 Å². The summed E-state index contributed by atoms with van der Waals surface area (Å²) in [5.41, 5.74) is 2.04. The number of ether oxygens (including phenoxy) is 1. The number of nitrogens with zero attached hydrogens (tertiary/aromatic N) is 3. The molecule has 10 heteroatoms. The van der Waals surface area contributed by atoms with Crippen molar-refractivity contribution in [2.24, 2.45) is 5.92 Å². The first-order valence-corrected chi connectivity index (χ1v) is 16.1. The van der Waals surface area contributed by atoms with Crippen LogP contribution in [0.3, 0.4) is 0 Å². The van der Waals surface area contributed by atoms with Crippen LogP contribution in [0.25, 0.3) is 0 Å². The van der Waals surface area contributed by atoms with Crippen LogP contribution in [0.1, 0.15) is 43.2 Å². The number of piperidine rings is 1. The molecule has 5 rings (SSSR count). The zero-order valence-electron chi connectivity index (χ0n) is 22.2. The summed E-state index contributed by atoms with van der Waals surface area (Å²) in [5, 5.41) is 0.456. The Morgan fingerprint density at radius 3 is 2.41 bits per heavy atom. The summed E-state index contributed by atoms with van der Waals surface area (Å²) in [4.78, 5) is 17.4. The average molecular weight is 595 g/mol. The van der Waals surface area contributed by atoms with Crippen molar-refractivity contribution >= 4 is 39.1 Å². The fourth-order valence-corrected chi connectivity index (χ4v) is 8.35. The van der Waals surface area contributed by atoms with E-state index in [1.807, 2.05) is 29.2 Å². The molecule has 2 aromatic rings. The fourth-order valence-electron chi connectivity index (χ4n) is 6.01. The number of fused-ring (bicyclic) bond motifs is 1. The Morgan fingerprint density at radius 2 is 1.69 bits per heavy atom. The van der Waals surface area contributed by atoms with E-state index in [4.69, 9.17) is 27.9 Å². The van der Waals surface area contributed by atoms with Crippen molar-refractivity contribution in [3.63, 3.8) is 0 Å². The zero-order chi connectivity index (χ0) is 27.4. The largest absolute Gasteiger partial charge is 0.370 e. The summed E-state index contributed by atoms with van der Waals surface area (Å²) in [6.07, 6.45) is 6.42. The minimum atomic E-state index is -3.93. The third kappa shape index (κ3) is 6.97. The predicted molar refractivity (Wildman–Crippen MR) is 154 cm³/mol. The molecule has 0 spiro atoms. The van der Waals surface area contributed by atoms with Gasteiger partial charge in [-0.3, -0.25) is 4.79 Å². The third-order valence-corrected chi connectivity index (χ3v) is 11.0. The van der Waals surface area contributed by atoms with Crippen molar-refractivity contribution in [1.29, 1.82) is 0 Å². The maximum absolute atomic E-state index is 13.7. The highest BCUT2D eigenvalue weighted by atomic mass is 35.5. The van der Waals surface area contributed by atoms with Crippen molar-refractivity contribution in [1.82, 2.24) is 14.1 Å². The van der Waals surface area contributed by atoms with Gasteiger partial charge in [-0.15, -0.1) is 0 Å². The standard InChI is InChI=1S/C29H37Cl2N3O4S/c30-25-7-8-28(27(31)18-25)39(36,37)34-19-24-6-2-1-5-23(24)17-26(34)20-38-21-29(35)33-15-10-22(11-16-33)9-14-32-12-3-4-13-32/h1-2,5-8,18,22,26H,3-4,9-17,19-21H2. The number of amides is 1. The maximum Gasteiger partial charge on any atom is 0.248 e. The van der Waals surface area contributed by atoms with Crippen LogP contribution in [0.15, 0.2) is 47.4 Å². The highest BCUT2D eigenvalue weighted by Gasteiger charge is 2.37. The molecule has 0 N–H and O–H groups in total. The second-order valence-electron chi connectivity index (χ2n) is 10.9. The number of carbonyl (C=O) groups excluding carboxylic acids is 1. The van der Waals surface area contributed by atoms with E-state index < -0.39 is 16.1 Å². The van der Waals surface area contributed by atoms with E-state index in [9.17, 15) is 13.2 Å². The van der Waals surface area contributed by atoms with E-state index in [0.29, 0.717) is 17.4 Å². The lowest BCUT2D eigenvalue weighted by Gasteiger charge is -2.36. The van der Waals surface area contributed by atoms with Crippen LogP contribution in [0.4, 0.5) is 0 Å².